The average Bonchev–Trinajstić information content (AvgIpc) is 3.24. The number of carbonyl (C=O) groups excluding carboxylic acids is 1. The van der Waals surface area contributed by atoms with Gasteiger partial charge in [-0.1, -0.05) is 24.2 Å². The van der Waals surface area contributed by atoms with Crippen LogP contribution in [0.1, 0.15) is 12.5 Å². The highest BCUT2D eigenvalue weighted by molar-refractivity contribution is 7.91. The fraction of sp³-hybridized carbons (Fsp3) is 0.250. The van der Waals surface area contributed by atoms with Crippen LogP contribution in [-0.4, -0.2) is 40.1 Å². The molecule has 0 unspecified atom stereocenters. The molecule has 0 saturated heterocycles. The van der Waals surface area contributed by atoms with E-state index in [-0.39, 0.29) is 34.9 Å². The van der Waals surface area contributed by atoms with Crippen molar-refractivity contribution in [3.63, 3.8) is 0 Å². The van der Waals surface area contributed by atoms with Crippen molar-refractivity contribution in [2.24, 2.45) is 7.05 Å². The Kier molecular flexibility index (Phi) is 4.85. The van der Waals surface area contributed by atoms with Gasteiger partial charge in [-0.3, -0.25) is 14.8 Å². The first kappa shape index (κ1) is 17.8. The molecule has 0 atom stereocenters. The Morgan fingerprint density at radius 3 is 2.54 bits per heavy atom. The maximum absolute atomic E-state index is 12.1. The maximum Gasteiger partial charge on any atom is 0.322 e. The molecule has 3 rings (SSSR count). The second kappa shape index (κ2) is 7.08. The van der Waals surface area contributed by atoms with E-state index in [4.69, 9.17) is 4.42 Å². The second-order valence-electron chi connectivity index (χ2n) is 5.52. The number of nitrogens with one attached hydrogen (secondary N) is 1. The Bertz CT molecular complexity index is 1020. The molecule has 0 bridgehead atoms. The monoisotopic (exact) mass is 375 g/mol. The fourth-order valence-electron chi connectivity index (χ4n) is 2.29. The predicted octanol–water partition coefficient (Wildman–Crippen LogP) is 1.44. The number of nitrogens with zero attached hydrogens (tertiary/aromatic N) is 4. The highest BCUT2D eigenvalue weighted by Gasteiger charge is 2.15. The van der Waals surface area contributed by atoms with E-state index in [1.54, 1.807) is 43.0 Å². The van der Waals surface area contributed by atoms with Crippen LogP contribution < -0.4 is 5.32 Å². The first-order valence-corrected chi connectivity index (χ1v) is 9.47. The van der Waals surface area contributed by atoms with E-state index in [9.17, 15) is 13.2 Å². The molecule has 0 saturated carbocycles. The number of hydrogen-bond donors (Lipinski definition) is 1. The zero-order valence-corrected chi connectivity index (χ0v) is 15.0. The lowest BCUT2D eigenvalue weighted by Crippen LogP contribution is -2.14. The molecule has 136 valence electrons. The minimum atomic E-state index is -3.26. The minimum absolute atomic E-state index is 0.0172. The van der Waals surface area contributed by atoms with Crippen LogP contribution in [0, 0.1) is 0 Å². The second-order valence-corrected chi connectivity index (χ2v) is 7.80. The summed E-state index contributed by atoms with van der Waals surface area (Å²) in [6, 6.07) is 7.90. The number of aromatic nitrogens is 4. The number of anilines is 1. The smallest absolute Gasteiger partial charge is 0.322 e. The van der Waals surface area contributed by atoms with E-state index in [0.29, 0.717) is 11.3 Å². The van der Waals surface area contributed by atoms with Crippen molar-refractivity contribution in [2.75, 3.05) is 11.1 Å². The Hall–Kier alpha value is -3.01. The van der Waals surface area contributed by atoms with E-state index in [1.165, 1.54) is 12.1 Å². The summed E-state index contributed by atoms with van der Waals surface area (Å²) in [6.45, 7) is 1.58. The normalized spacial score (nSPS) is 11.5. The van der Waals surface area contributed by atoms with Crippen molar-refractivity contribution in [2.45, 2.75) is 18.2 Å². The number of benzene rings is 1. The summed E-state index contributed by atoms with van der Waals surface area (Å²) in [5.74, 6) is -0.0751. The van der Waals surface area contributed by atoms with Crippen LogP contribution in [0.2, 0.25) is 0 Å². The number of hydrogen-bond acceptors (Lipinski definition) is 7. The summed E-state index contributed by atoms with van der Waals surface area (Å²) < 4.78 is 30.5. The van der Waals surface area contributed by atoms with Gasteiger partial charge in [-0.15, -0.1) is 5.10 Å². The van der Waals surface area contributed by atoms with Gasteiger partial charge in [0.2, 0.25) is 5.91 Å². The number of sulfone groups is 1. The molecule has 3 aromatic rings. The molecule has 1 amide bonds. The summed E-state index contributed by atoms with van der Waals surface area (Å²) in [7, 11) is -1.52. The molecule has 2 aromatic heterocycles. The van der Waals surface area contributed by atoms with Crippen LogP contribution in [0.15, 0.2) is 45.8 Å². The van der Waals surface area contributed by atoms with Gasteiger partial charge in [-0.25, -0.2) is 8.42 Å². The molecule has 0 fully saturated rings. The van der Waals surface area contributed by atoms with Gasteiger partial charge in [0.1, 0.15) is 5.69 Å². The minimum Gasteiger partial charge on any atom is -0.401 e. The molecule has 1 aromatic carbocycles. The molecule has 0 radical (unpaired) electrons. The molecule has 9 nitrogen and oxygen atoms in total. The molecule has 26 heavy (non-hydrogen) atoms. The number of carbonyl (C=O) groups is 1. The fourth-order valence-corrected chi connectivity index (χ4v) is 3.18. The zero-order valence-electron chi connectivity index (χ0n) is 14.2. The predicted molar refractivity (Wildman–Crippen MR) is 93.0 cm³/mol. The van der Waals surface area contributed by atoms with Crippen molar-refractivity contribution in [3.8, 4) is 11.6 Å². The SMILES string of the molecule is CCS(=O)(=O)c1ccc(CC(=O)Nc2nnc(-c3ccnn3C)o2)cc1. The van der Waals surface area contributed by atoms with Crippen molar-refractivity contribution in [3.05, 3.63) is 42.1 Å². The van der Waals surface area contributed by atoms with Gasteiger partial charge in [-0.2, -0.15) is 5.10 Å². The van der Waals surface area contributed by atoms with Gasteiger partial charge in [0.05, 0.1) is 17.1 Å². The molecule has 0 aliphatic rings. The van der Waals surface area contributed by atoms with Crippen molar-refractivity contribution in [1.82, 2.24) is 20.0 Å². The summed E-state index contributed by atoms with van der Waals surface area (Å²) in [4.78, 5) is 12.3. The summed E-state index contributed by atoms with van der Waals surface area (Å²) in [6.07, 6.45) is 1.65. The van der Waals surface area contributed by atoms with E-state index >= 15 is 0 Å². The van der Waals surface area contributed by atoms with Crippen LogP contribution in [0.25, 0.3) is 11.6 Å². The van der Waals surface area contributed by atoms with Crippen molar-refractivity contribution in [1.29, 1.82) is 0 Å². The van der Waals surface area contributed by atoms with Crippen LogP contribution in [0.3, 0.4) is 0 Å². The Morgan fingerprint density at radius 1 is 1.19 bits per heavy atom. The van der Waals surface area contributed by atoms with Crippen LogP contribution >= 0.6 is 0 Å². The van der Waals surface area contributed by atoms with E-state index in [0.717, 1.165) is 0 Å². The largest absolute Gasteiger partial charge is 0.401 e. The molecule has 0 aliphatic carbocycles. The quantitative estimate of drug-likeness (QED) is 0.692. The topological polar surface area (TPSA) is 120 Å². The van der Waals surface area contributed by atoms with Crippen LogP contribution in [0.4, 0.5) is 6.01 Å². The standard InChI is InChI=1S/C16H17N5O4S/c1-3-26(23,24)12-6-4-11(5-7-12)10-14(22)18-16-20-19-15(25-16)13-8-9-17-21(13)2/h4-9H,3,10H2,1-2H3,(H,18,20,22). The molecular formula is C16H17N5O4S. The third-order valence-corrected chi connectivity index (χ3v) is 5.49. The zero-order chi connectivity index (χ0) is 18.7. The summed E-state index contributed by atoms with van der Waals surface area (Å²) in [5, 5.41) is 14.2. The molecule has 10 heteroatoms. The molecule has 0 aliphatic heterocycles. The Balaban J connectivity index is 1.64. The summed E-state index contributed by atoms with van der Waals surface area (Å²) >= 11 is 0. The molecule has 2 heterocycles. The number of amides is 1. The van der Waals surface area contributed by atoms with Gasteiger partial charge in [0.25, 0.3) is 5.89 Å². The molecule has 1 N–H and O–H groups in total. The van der Waals surface area contributed by atoms with Gasteiger partial charge in [-0.05, 0) is 23.8 Å². The highest BCUT2D eigenvalue weighted by Crippen LogP contribution is 2.19. The van der Waals surface area contributed by atoms with Crippen molar-refractivity contribution >= 4 is 21.8 Å². The lowest BCUT2D eigenvalue weighted by Gasteiger charge is -2.04. The highest BCUT2D eigenvalue weighted by atomic mass is 32.2. The van der Waals surface area contributed by atoms with Gasteiger partial charge in [0, 0.05) is 13.2 Å². The number of rotatable bonds is 6. The van der Waals surface area contributed by atoms with Gasteiger partial charge < -0.3 is 4.42 Å². The maximum atomic E-state index is 12.1. The third-order valence-electron chi connectivity index (χ3n) is 3.74. The third kappa shape index (κ3) is 3.80. The molecule has 0 spiro atoms. The van der Waals surface area contributed by atoms with Crippen molar-refractivity contribution < 1.29 is 17.6 Å². The summed E-state index contributed by atoms with van der Waals surface area (Å²) in [5.41, 5.74) is 1.30. The van der Waals surface area contributed by atoms with Gasteiger partial charge in [0.15, 0.2) is 9.84 Å². The van der Waals surface area contributed by atoms with Crippen LogP contribution in [0.5, 0.6) is 0 Å². The van der Waals surface area contributed by atoms with E-state index < -0.39 is 9.84 Å². The first-order valence-electron chi connectivity index (χ1n) is 7.82. The number of aryl methyl sites for hydroxylation is 1. The van der Waals surface area contributed by atoms with E-state index in [2.05, 4.69) is 20.6 Å². The molecular weight excluding hydrogens is 358 g/mol. The lowest BCUT2D eigenvalue weighted by molar-refractivity contribution is -0.115. The first-order chi connectivity index (χ1) is 12.4. The Morgan fingerprint density at radius 2 is 1.92 bits per heavy atom. The lowest BCUT2D eigenvalue weighted by atomic mass is 10.1. The average molecular weight is 375 g/mol. The Labute approximate surface area is 150 Å². The van der Waals surface area contributed by atoms with Crippen LogP contribution in [-0.2, 0) is 28.1 Å². The van der Waals surface area contributed by atoms with E-state index in [1.807, 2.05) is 0 Å². The van der Waals surface area contributed by atoms with Gasteiger partial charge >= 0.3 is 6.01 Å².